The molecule has 1 aromatic carbocycles. The van der Waals surface area contributed by atoms with Crippen LogP contribution in [0.25, 0.3) is 5.69 Å². The fourth-order valence-electron chi connectivity index (χ4n) is 3.77. The summed E-state index contributed by atoms with van der Waals surface area (Å²) in [5.74, 6) is -0.208. The number of piperazine rings is 1. The van der Waals surface area contributed by atoms with E-state index in [0.29, 0.717) is 31.7 Å². The lowest BCUT2D eigenvalue weighted by atomic mass is 9.97. The number of carbonyl (C=O) groups excluding carboxylic acids is 2. The van der Waals surface area contributed by atoms with Crippen LogP contribution in [0.15, 0.2) is 24.3 Å². The topological polar surface area (TPSA) is 58.4 Å². The van der Waals surface area contributed by atoms with Gasteiger partial charge in [0.05, 0.1) is 22.6 Å². The first-order valence-electron chi connectivity index (χ1n) is 10.1. The minimum Gasteiger partial charge on any atom is -0.339 e. The number of benzene rings is 1. The molecule has 2 heterocycles. The second-order valence-corrected chi connectivity index (χ2v) is 8.14. The molecule has 0 atom stereocenters. The summed E-state index contributed by atoms with van der Waals surface area (Å²) in [6, 6.07) is 6.16. The summed E-state index contributed by atoms with van der Waals surface area (Å²) in [7, 11) is 0. The highest BCUT2D eigenvalue weighted by Gasteiger charge is 2.32. The van der Waals surface area contributed by atoms with Crippen molar-refractivity contribution in [2.24, 2.45) is 0 Å². The van der Waals surface area contributed by atoms with Crippen LogP contribution >= 0.6 is 0 Å². The van der Waals surface area contributed by atoms with E-state index < -0.39 is 0 Å². The normalized spacial score (nSPS) is 14.8. The fourth-order valence-corrected chi connectivity index (χ4v) is 3.77. The Balaban J connectivity index is 2.04. The smallest absolute Gasteiger partial charge is 0.257 e. The van der Waals surface area contributed by atoms with Crippen molar-refractivity contribution in [3.63, 3.8) is 0 Å². The van der Waals surface area contributed by atoms with E-state index in [9.17, 15) is 14.0 Å². The maximum atomic E-state index is 13.5. The fraction of sp³-hybridized carbons (Fsp3) is 0.500. The molecular formula is C22H29FN4O2. The molecule has 156 valence electrons. The van der Waals surface area contributed by atoms with Gasteiger partial charge < -0.3 is 9.80 Å². The second kappa shape index (κ2) is 8.35. The summed E-state index contributed by atoms with van der Waals surface area (Å²) in [4.78, 5) is 28.7. The number of aromatic nitrogens is 2. The molecule has 1 fully saturated rings. The minimum atomic E-state index is -0.310. The molecule has 0 radical (unpaired) electrons. The molecule has 2 amide bonds. The molecule has 0 aliphatic carbocycles. The van der Waals surface area contributed by atoms with Gasteiger partial charge in [-0.15, -0.1) is 0 Å². The lowest BCUT2D eigenvalue weighted by molar-refractivity contribution is -0.130. The van der Waals surface area contributed by atoms with Crippen LogP contribution in [0.1, 0.15) is 68.2 Å². The molecule has 1 aromatic heterocycles. The van der Waals surface area contributed by atoms with E-state index in [1.165, 1.54) is 12.1 Å². The first kappa shape index (κ1) is 21.0. The Morgan fingerprint density at radius 1 is 0.931 bits per heavy atom. The number of carbonyl (C=O) groups is 2. The number of amides is 2. The summed E-state index contributed by atoms with van der Waals surface area (Å²) in [6.45, 7) is 11.8. The molecular weight excluding hydrogens is 371 g/mol. The van der Waals surface area contributed by atoms with Gasteiger partial charge in [-0.05, 0) is 36.1 Å². The highest BCUT2D eigenvalue weighted by molar-refractivity contribution is 5.97. The van der Waals surface area contributed by atoms with Crippen LogP contribution in [0.4, 0.5) is 4.39 Å². The van der Waals surface area contributed by atoms with Crippen molar-refractivity contribution < 1.29 is 14.0 Å². The number of nitrogens with zero attached hydrogens (tertiary/aromatic N) is 4. The zero-order valence-corrected chi connectivity index (χ0v) is 17.8. The van der Waals surface area contributed by atoms with Crippen molar-refractivity contribution in [1.29, 1.82) is 0 Å². The number of hydrogen-bond donors (Lipinski definition) is 0. The van der Waals surface area contributed by atoms with Gasteiger partial charge in [-0.3, -0.25) is 9.59 Å². The monoisotopic (exact) mass is 400 g/mol. The molecule has 0 N–H and O–H groups in total. The van der Waals surface area contributed by atoms with E-state index in [0.717, 1.165) is 17.1 Å². The van der Waals surface area contributed by atoms with Crippen molar-refractivity contribution in [1.82, 2.24) is 19.6 Å². The van der Waals surface area contributed by atoms with Crippen LogP contribution in [0.2, 0.25) is 0 Å². The van der Waals surface area contributed by atoms with Crippen LogP contribution in [-0.2, 0) is 4.79 Å². The van der Waals surface area contributed by atoms with E-state index in [1.54, 1.807) is 28.6 Å². The van der Waals surface area contributed by atoms with E-state index >= 15 is 0 Å². The van der Waals surface area contributed by atoms with Gasteiger partial charge in [0, 0.05) is 33.1 Å². The van der Waals surface area contributed by atoms with Gasteiger partial charge in [0.2, 0.25) is 5.91 Å². The summed E-state index contributed by atoms with van der Waals surface area (Å²) >= 11 is 0. The molecule has 2 aromatic rings. The Bertz CT molecular complexity index is 894. The Kier molecular flexibility index (Phi) is 6.05. The Morgan fingerprint density at radius 3 is 1.97 bits per heavy atom. The van der Waals surface area contributed by atoms with Crippen LogP contribution in [-0.4, -0.2) is 57.6 Å². The van der Waals surface area contributed by atoms with Crippen molar-refractivity contribution >= 4 is 11.8 Å². The summed E-state index contributed by atoms with van der Waals surface area (Å²) in [5, 5.41) is 4.77. The molecule has 1 aliphatic rings. The molecule has 1 saturated heterocycles. The van der Waals surface area contributed by atoms with Gasteiger partial charge in [0.1, 0.15) is 5.82 Å². The SMILES string of the molecule is CC(=O)N1CCN(C(=O)c2c(C(C)C)nn(-c3ccc(F)cc3)c2C(C)C)CC1. The first-order chi connectivity index (χ1) is 13.7. The molecule has 3 rings (SSSR count). The van der Waals surface area contributed by atoms with Gasteiger partial charge in [0.25, 0.3) is 5.91 Å². The van der Waals surface area contributed by atoms with Gasteiger partial charge in [-0.1, -0.05) is 27.7 Å². The van der Waals surface area contributed by atoms with Crippen LogP contribution < -0.4 is 0 Å². The predicted molar refractivity (Wildman–Crippen MR) is 110 cm³/mol. The van der Waals surface area contributed by atoms with Crippen molar-refractivity contribution in [3.05, 3.63) is 47.0 Å². The number of hydrogen-bond acceptors (Lipinski definition) is 3. The molecule has 0 unspecified atom stereocenters. The Hall–Kier alpha value is -2.70. The van der Waals surface area contributed by atoms with Crippen molar-refractivity contribution in [3.8, 4) is 5.69 Å². The van der Waals surface area contributed by atoms with Crippen LogP contribution in [0.3, 0.4) is 0 Å². The lowest BCUT2D eigenvalue weighted by Gasteiger charge is -2.34. The zero-order valence-electron chi connectivity index (χ0n) is 17.8. The third kappa shape index (κ3) is 4.18. The van der Waals surface area contributed by atoms with E-state index in [4.69, 9.17) is 5.10 Å². The van der Waals surface area contributed by atoms with E-state index in [-0.39, 0.29) is 29.5 Å². The summed E-state index contributed by atoms with van der Waals surface area (Å²) in [5.41, 5.74) is 2.95. The molecule has 1 aliphatic heterocycles. The zero-order chi connectivity index (χ0) is 21.3. The average molecular weight is 400 g/mol. The Labute approximate surface area is 171 Å². The quantitative estimate of drug-likeness (QED) is 0.788. The average Bonchev–Trinajstić information content (AvgIpc) is 3.09. The summed E-state index contributed by atoms with van der Waals surface area (Å²) < 4.78 is 15.2. The van der Waals surface area contributed by atoms with E-state index in [1.807, 2.05) is 32.6 Å². The van der Waals surface area contributed by atoms with Gasteiger partial charge in [-0.25, -0.2) is 9.07 Å². The van der Waals surface area contributed by atoms with E-state index in [2.05, 4.69) is 0 Å². The van der Waals surface area contributed by atoms with Crippen molar-refractivity contribution in [2.75, 3.05) is 26.2 Å². The minimum absolute atomic E-state index is 0.0342. The first-order valence-corrected chi connectivity index (χ1v) is 10.1. The maximum absolute atomic E-state index is 13.5. The highest BCUT2D eigenvalue weighted by atomic mass is 19.1. The van der Waals surface area contributed by atoms with Gasteiger partial charge >= 0.3 is 0 Å². The van der Waals surface area contributed by atoms with Gasteiger partial charge in [0.15, 0.2) is 0 Å². The maximum Gasteiger partial charge on any atom is 0.257 e. The molecule has 6 nitrogen and oxygen atoms in total. The van der Waals surface area contributed by atoms with Gasteiger partial charge in [-0.2, -0.15) is 5.10 Å². The van der Waals surface area contributed by atoms with Crippen LogP contribution in [0, 0.1) is 5.82 Å². The standard InChI is InChI=1S/C22H29FN4O2/c1-14(2)20-19(22(29)26-12-10-25(11-13-26)16(5)28)21(15(3)4)27(24-20)18-8-6-17(23)7-9-18/h6-9,14-15H,10-13H2,1-5H3. The Morgan fingerprint density at radius 2 is 1.48 bits per heavy atom. The number of rotatable bonds is 4. The lowest BCUT2D eigenvalue weighted by Crippen LogP contribution is -2.50. The molecule has 0 bridgehead atoms. The molecule has 0 spiro atoms. The number of halogens is 1. The molecule has 0 saturated carbocycles. The molecule has 29 heavy (non-hydrogen) atoms. The largest absolute Gasteiger partial charge is 0.339 e. The van der Waals surface area contributed by atoms with Crippen LogP contribution in [0.5, 0.6) is 0 Å². The second-order valence-electron chi connectivity index (χ2n) is 8.14. The third-order valence-electron chi connectivity index (χ3n) is 5.34. The highest BCUT2D eigenvalue weighted by Crippen LogP contribution is 2.31. The summed E-state index contributed by atoms with van der Waals surface area (Å²) in [6.07, 6.45) is 0. The molecule has 7 heteroatoms. The van der Waals surface area contributed by atoms with Crippen molar-refractivity contribution in [2.45, 2.75) is 46.5 Å². The predicted octanol–water partition coefficient (Wildman–Crippen LogP) is 3.56. The third-order valence-corrected chi connectivity index (χ3v) is 5.34.